The second-order valence-electron chi connectivity index (χ2n) is 4.98. The average Bonchev–Trinajstić information content (AvgIpc) is 2.41. The number of benzene rings is 1. The van der Waals surface area contributed by atoms with Gasteiger partial charge in [0.1, 0.15) is 0 Å². The average molecular weight is 258 g/mol. The number of pyridine rings is 1. The minimum Gasteiger partial charge on any atom is -0.315 e. The summed E-state index contributed by atoms with van der Waals surface area (Å²) in [6.45, 7) is 6.09. The van der Waals surface area contributed by atoms with E-state index in [0.717, 1.165) is 36.8 Å². The zero-order valence-electron chi connectivity index (χ0n) is 11.7. The van der Waals surface area contributed by atoms with Gasteiger partial charge in [0.25, 0.3) is 5.56 Å². The third-order valence-electron chi connectivity index (χ3n) is 3.47. The lowest BCUT2D eigenvalue weighted by Gasteiger charge is -2.14. The SMILES string of the molecule is CCNC(C)CCCn1c(=O)ccc2ccccc21. The molecule has 0 saturated heterocycles. The summed E-state index contributed by atoms with van der Waals surface area (Å²) in [5.41, 5.74) is 1.13. The first-order chi connectivity index (χ1) is 9.22. The van der Waals surface area contributed by atoms with Gasteiger partial charge in [-0.1, -0.05) is 25.1 Å². The summed E-state index contributed by atoms with van der Waals surface area (Å²) in [5.74, 6) is 0. The van der Waals surface area contributed by atoms with Gasteiger partial charge in [0.2, 0.25) is 0 Å². The lowest BCUT2D eigenvalue weighted by Crippen LogP contribution is -2.26. The number of hydrogen-bond acceptors (Lipinski definition) is 2. The van der Waals surface area contributed by atoms with Crippen LogP contribution in [0.5, 0.6) is 0 Å². The Morgan fingerprint density at radius 3 is 2.79 bits per heavy atom. The Morgan fingerprint density at radius 2 is 2.00 bits per heavy atom. The van der Waals surface area contributed by atoms with E-state index in [2.05, 4.69) is 19.2 Å². The van der Waals surface area contributed by atoms with E-state index >= 15 is 0 Å². The number of aryl methyl sites for hydroxylation is 1. The molecule has 0 saturated carbocycles. The standard InChI is InChI=1S/C16H22N2O/c1-3-17-13(2)7-6-12-18-15-9-5-4-8-14(15)10-11-16(18)19/h4-5,8-11,13,17H,3,6-7,12H2,1-2H3. The quantitative estimate of drug-likeness (QED) is 0.864. The van der Waals surface area contributed by atoms with E-state index in [-0.39, 0.29) is 5.56 Å². The van der Waals surface area contributed by atoms with Crippen LogP contribution in [0.15, 0.2) is 41.2 Å². The lowest BCUT2D eigenvalue weighted by atomic mass is 10.1. The van der Waals surface area contributed by atoms with Gasteiger partial charge in [-0.25, -0.2) is 0 Å². The predicted molar refractivity (Wildman–Crippen MR) is 80.6 cm³/mol. The predicted octanol–water partition coefficient (Wildman–Crippen LogP) is 2.78. The van der Waals surface area contributed by atoms with Crippen LogP contribution >= 0.6 is 0 Å². The van der Waals surface area contributed by atoms with Gasteiger partial charge in [-0.15, -0.1) is 0 Å². The minimum atomic E-state index is 0.0924. The monoisotopic (exact) mass is 258 g/mol. The summed E-state index contributed by atoms with van der Waals surface area (Å²) in [5, 5.41) is 4.52. The molecule has 1 unspecified atom stereocenters. The van der Waals surface area contributed by atoms with Crippen molar-refractivity contribution in [2.24, 2.45) is 0 Å². The van der Waals surface area contributed by atoms with E-state index in [9.17, 15) is 4.79 Å². The molecule has 3 heteroatoms. The molecule has 102 valence electrons. The maximum Gasteiger partial charge on any atom is 0.251 e. The summed E-state index contributed by atoms with van der Waals surface area (Å²) in [7, 11) is 0. The van der Waals surface area contributed by atoms with Crippen LogP contribution in [-0.4, -0.2) is 17.2 Å². The molecular formula is C16H22N2O. The molecule has 2 rings (SSSR count). The number of para-hydroxylation sites is 1. The summed E-state index contributed by atoms with van der Waals surface area (Å²) >= 11 is 0. The summed E-state index contributed by atoms with van der Waals surface area (Å²) < 4.78 is 1.88. The number of aromatic nitrogens is 1. The van der Waals surface area contributed by atoms with Crippen molar-refractivity contribution in [3.63, 3.8) is 0 Å². The van der Waals surface area contributed by atoms with Crippen molar-refractivity contribution in [1.82, 2.24) is 9.88 Å². The molecule has 3 nitrogen and oxygen atoms in total. The first-order valence-corrected chi connectivity index (χ1v) is 7.04. The zero-order valence-corrected chi connectivity index (χ0v) is 11.7. The molecule has 0 aliphatic rings. The maximum absolute atomic E-state index is 12.0. The summed E-state index contributed by atoms with van der Waals surface area (Å²) in [6, 6.07) is 12.1. The summed E-state index contributed by atoms with van der Waals surface area (Å²) in [4.78, 5) is 12.0. The Bertz CT molecular complexity index is 589. The Labute approximate surface area is 114 Å². The smallest absolute Gasteiger partial charge is 0.251 e. The first kappa shape index (κ1) is 13.8. The number of hydrogen-bond donors (Lipinski definition) is 1. The molecule has 0 bridgehead atoms. The number of fused-ring (bicyclic) bond motifs is 1. The molecule has 0 radical (unpaired) electrons. The Kier molecular flexibility index (Phi) is 4.74. The third-order valence-corrected chi connectivity index (χ3v) is 3.47. The molecule has 19 heavy (non-hydrogen) atoms. The molecule has 0 spiro atoms. The van der Waals surface area contributed by atoms with Crippen molar-refractivity contribution < 1.29 is 0 Å². The van der Waals surface area contributed by atoms with Crippen molar-refractivity contribution in [3.05, 3.63) is 46.8 Å². The van der Waals surface area contributed by atoms with E-state index < -0.39 is 0 Å². The van der Waals surface area contributed by atoms with Crippen molar-refractivity contribution >= 4 is 10.9 Å². The third kappa shape index (κ3) is 3.44. The highest BCUT2D eigenvalue weighted by atomic mass is 16.1. The molecule has 1 N–H and O–H groups in total. The number of nitrogens with one attached hydrogen (secondary N) is 1. The second kappa shape index (κ2) is 6.53. The normalized spacial score (nSPS) is 12.7. The van der Waals surface area contributed by atoms with Crippen LogP contribution in [0.3, 0.4) is 0 Å². The van der Waals surface area contributed by atoms with E-state index in [1.807, 2.05) is 34.9 Å². The van der Waals surface area contributed by atoms with Gasteiger partial charge in [0, 0.05) is 18.7 Å². The molecule has 0 amide bonds. The van der Waals surface area contributed by atoms with E-state index in [0.29, 0.717) is 6.04 Å². The highest BCUT2D eigenvalue weighted by Crippen LogP contribution is 2.12. The van der Waals surface area contributed by atoms with Crippen LogP contribution in [0.1, 0.15) is 26.7 Å². The van der Waals surface area contributed by atoms with Crippen molar-refractivity contribution in [2.75, 3.05) is 6.54 Å². The Balaban J connectivity index is 2.12. The molecule has 0 fully saturated rings. The van der Waals surface area contributed by atoms with Crippen molar-refractivity contribution in [2.45, 2.75) is 39.3 Å². The molecule has 1 aromatic heterocycles. The van der Waals surface area contributed by atoms with Gasteiger partial charge in [-0.2, -0.15) is 0 Å². The number of nitrogens with zero attached hydrogens (tertiary/aromatic N) is 1. The first-order valence-electron chi connectivity index (χ1n) is 7.04. The van der Waals surface area contributed by atoms with Crippen LogP contribution in [-0.2, 0) is 6.54 Å². The van der Waals surface area contributed by atoms with Gasteiger partial charge in [0.15, 0.2) is 0 Å². The molecule has 1 aromatic carbocycles. The van der Waals surface area contributed by atoms with E-state index in [1.54, 1.807) is 6.07 Å². The van der Waals surface area contributed by atoms with Crippen LogP contribution < -0.4 is 10.9 Å². The fourth-order valence-electron chi connectivity index (χ4n) is 2.48. The highest BCUT2D eigenvalue weighted by Gasteiger charge is 2.04. The van der Waals surface area contributed by atoms with E-state index in [1.165, 1.54) is 0 Å². The molecular weight excluding hydrogens is 236 g/mol. The van der Waals surface area contributed by atoms with Gasteiger partial charge in [-0.3, -0.25) is 4.79 Å². The summed E-state index contributed by atoms with van der Waals surface area (Å²) in [6.07, 6.45) is 2.10. The van der Waals surface area contributed by atoms with Crippen LogP contribution in [0, 0.1) is 0 Å². The van der Waals surface area contributed by atoms with Crippen LogP contribution in [0.25, 0.3) is 10.9 Å². The molecule has 0 aliphatic heterocycles. The second-order valence-corrected chi connectivity index (χ2v) is 4.98. The fourth-order valence-corrected chi connectivity index (χ4v) is 2.48. The molecule has 2 aromatic rings. The van der Waals surface area contributed by atoms with Crippen LogP contribution in [0.4, 0.5) is 0 Å². The Hall–Kier alpha value is -1.61. The maximum atomic E-state index is 12.0. The van der Waals surface area contributed by atoms with Gasteiger partial charge in [-0.05, 0) is 43.8 Å². The van der Waals surface area contributed by atoms with Crippen LogP contribution in [0.2, 0.25) is 0 Å². The molecule has 0 aliphatic carbocycles. The van der Waals surface area contributed by atoms with Gasteiger partial charge < -0.3 is 9.88 Å². The van der Waals surface area contributed by atoms with Gasteiger partial charge >= 0.3 is 0 Å². The lowest BCUT2D eigenvalue weighted by molar-refractivity contribution is 0.486. The van der Waals surface area contributed by atoms with Crippen molar-refractivity contribution in [3.8, 4) is 0 Å². The molecule has 1 atom stereocenters. The largest absolute Gasteiger partial charge is 0.315 e. The topological polar surface area (TPSA) is 34.0 Å². The Morgan fingerprint density at radius 1 is 1.21 bits per heavy atom. The minimum absolute atomic E-state index is 0.0924. The molecule has 1 heterocycles. The highest BCUT2D eigenvalue weighted by molar-refractivity contribution is 5.78. The van der Waals surface area contributed by atoms with Gasteiger partial charge in [0.05, 0.1) is 5.52 Å². The zero-order chi connectivity index (χ0) is 13.7. The van der Waals surface area contributed by atoms with E-state index in [4.69, 9.17) is 0 Å². The number of rotatable bonds is 6. The van der Waals surface area contributed by atoms with Crippen molar-refractivity contribution in [1.29, 1.82) is 0 Å². The fraction of sp³-hybridized carbons (Fsp3) is 0.438.